The summed E-state index contributed by atoms with van der Waals surface area (Å²) in [4.78, 5) is 30.6. The van der Waals surface area contributed by atoms with Crippen molar-refractivity contribution in [1.82, 2.24) is 14.9 Å². The summed E-state index contributed by atoms with van der Waals surface area (Å²) in [5.74, 6) is -2.56. The van der Waals surface area contributed by atoms with E-state index in [9.17, 15) is 22.8 Å². The molecule has 1 fully saturated rings. The van der Waals surface area contributed by atoms with E-state index in [2.05, 4.69) is 9.88 Å². The van der Waals surface area contributed by atoms with Crippen molar-refractivity contribution < 1.29 is 22.8 Å². The second-order valence-electron chi connectivity index (χ2n) is 12.6. The molecule has 46 heavy (non-hydrogen) atoms. The van der Waals surface area contributed by atoms with Gasteiger partial charge < -0.3 is 15.6 Å². The third-order valence-corrected chi connectivity index (χ3v) is 8.76. The van der Waals surface area contributed by atoms with Crippen molar-refractivity contribution in [3.63, 3.8) is 0 Å². The second-order valence-corrected chi connectivity index (χ2v) is 12.6. The number of fused-ring (bicyclic) bond motifs is 2. The molecule has 3 heterocycles. The van der Waals surface area contributed by atoms with Crippen LogP contribution in [0.4, 0.5) is 13.2 Å². The lowest BCUT2D eigenvalue weighted by Crippen LogP contribution is -2.20. The van der Waals surface area contributed by atoms with Crippen LogP contribution in [0, 0.1) is 30.3 Å². The number of amides is 2. The average Bonchev–Trinajstić information content (AvgIpc) is 3.62. The first kappa shape index (κ1) is 31.1. The summed E-state index contributed by atoms with van der Waals surface area (Å²) in [5, 5.41) is 3.82. The maximum atomic E-state index is 14.1. The van der Waals surface area contributed by atoms with Gasteiger partial charge in [0.25, 0.3) is 11.8 Å². The van der Waals surface area contributed by atoms with Gasteiger partial charge in [0.2, 0.25) is 0 Å². The molecule has 0 bridgehead atoms. The van der Waals surface area contributed by atoms with Crippen LogP contribution in [0.2, 0.25) is 0 Å². The summed E-state index contributed by atoms with van der Waals surface area (Å²) in [6, 6.07) is 17.9. The highest BCUT2D eigenvalue weighted by molar-refractivity contribution is 6.12. The minimum absolute atomic E-state index is 0.171. The molecular weight excluding hydrogens is 589 g/mol. The standard InChI is InChI=1S/C30H28F2N4O2.C7H7F/c1-15(2)12-22-25(28(33)37)24(26-27(35-22)16(3)34-29(26)38)18-4-7-23-17(13-18)8-11-36(23)30(9-10-30)19-5-6-20(31)21(32)14-19;1-6-2-4-7(8)5-3-6/h4-8,11,13-16H,9-10,12H2,1-3H3,(H2,33,37)(H,34,38);2-5H,1H3. The van der Waals surface area contributed by atoms with E-state index in [1.54, 1.807) is 18.2 Å². The number of benzene rings is 3. The summed E-state index contributed by atoms with van der Waals surface area (Å²) in [5.41, 5.74) is 11.3. The largest absolute Gasteiger partial charge is 0.366 e. The molecule has 6 nitrogen and oxygen atoms in total. The number of hydrogen-bond acceptors (Lipinski definition) is 3. The lowest BCUT2D eigenvalue weighted by Gasteiger charge is -2.21. The molecular formula is C37H35F3N4O2. The molecule has 0 radical (unpaired) electrons. The number of rotatable bonds is 6. The highest BCUT2D eigenvalue weighted by atomic mass is 19.2. The zero-order valence-corrected chi connectivity index (χ0v) is 26.1. The topological polar surface area (TPSA) is 90.0 Å². The normalized spacial score (nSPS) is 16.2. The zero-order chi connectivity index (χ0) is 32.9. The van der Waals surface area contributed by atoms with Crippen LogP contribution >= 0.6 is 0 Å². The molecule has 1 atom stereocenters. The smallest absolute Gasteiger partial charge is 0.254 e. The van der Waals surface area contributed by atoms with Crippen molar-refractivity contribution in [2.75, 3.05) is 0 Å². The summed E-state index contributed by atoms with van der Waals surface area (Å²) < 4.78 is 41.8. The van der Waals surface area contributed by atoms with E-state index >= 15 is 0 Å². The number of nitrogens with one attached hydrogen (secondary N) is 1. The summed E-state index contributed by atoms with van der Waals surface area (Å²) in [6.07, 6.45) is 4.12. The van der Waals surface area contributed by atoms with Gasteiger partial charge in [0.1, 0.15) is 5.82 Å². The van der Waals surface area contributed by atoms with Gasteiger partial charge in [-0.25, -0.2) is 13.2 Å². The first-order valence-corrected chi connectivity index (χ1v) is 15.4. The van der Waals surface area contributed by atoms with Gasteiger partial charge in [-0.1, -0.05) is 43.7 Å². The monoisotopic (exact) mass is 624 g/mol. The van der Waals surface area contributed by atoms with E-state index in [4.69, 9.17) is 10.7 Å². The molecule has 2 aromatic heterocycles. The number of pyridine rings is 1. The third-order valence-electron chi connectivity index (χ3n) is 8.76. The number of nitrogens with zero attached hydrogens (tertiary/aromatic N) is 2. The number of nitrogens with two attached hydrogens (primary N) is 1. The number of hydrogen-bond donors (Lipinski definition) is 2. The van der Waals surface area contributed by atoms with Gasteiger partial charge in [-0.15, -0.1) is 0 Å². The van der Waals surface area contributed by atoms with Crippen molar-refractivity contribution in [3.8, 4) is 11.1 Å². The Hall–Kier alpha value is -4.92. The third kappa shape index (κ3) is 5.55. The molecule has 9 heteroatoms. The van der Waals surface area contributed by atoms with E-state index in [1.807, 2.05) is 58.2 Å². The Labute approximate surface area is 265 Å². The van der Waals surface area contributed by atoms with Crippen LogP contribution in [0.25, 0.3) is 22.0 Å². The molecule has 3 aromatic carbocycles. The molecule has 1 aliphatic heterocycles. The number of carbonyl (C=O) groups is 2. The molecule has 1 saturated carbocycles. The number of aromatic nitrogens is 2. The molecule has 0 saturated heterocycles. The van der Waals surface area contributed by atoms with Crippen LogP contribution in [0.1, 0.15) is 82.9 Å². The van der Waals surface area contributed by atoms with Crippen molar-refractivity contribution in [1.29, 1.82) is 0 Å². The van der Waals surface area contributed by atoms with Gasteiger partial charge in [-0.2, -0.15) is 0 Å². The maximum Gasteiger partial charge on any atom is 0.254 e. The lowest BCUT2D eigenvalue weighted by atomic mass is 9.89. The van der Waals surface area contributed by atoms with Gasteiger partial charge in [0.15, 0.2) is 11.6 Å². The van der Waals surface area contributed by atoms with Crippen molar-refractivity contribution in [3.05, 3.63) is 124 Å². The Morgan fingerprint density at radius 3 is 2.33 bits per heavy atom. The quantitative estimate of drug-likeness (QED) is 0.202. The fraction of sp³-hybridized carbons (Fsp3) is 0.270. The minimum Gasteiger partial charge on any atom is -0.366 e. The first-order valence-electron chi connectivity index (χ1n) is 15.4. The summed E-state index contributed by atoms with van der Waals surface area (Å²) in [6.45, 7) is 7.89. The zero-order valence-electron chi connectivity index (χ0n) is 26.1. The highest BCUT2D eigenvalue weighted by Gasteiger charge is 2.47. The number of primary amides is 1. The molecule has 7 rings (SSSR count). The summed E-state index contributed by atoms with van der Waals surface area (Å²) >= 11 is 0. The molecule has 1 aliphatic carbocycles. The Balaban J connectivity index is 0.000000407. The van der Waals surface area contributed by atoms with E-state index in [1.165, 1.54) is 24.3 Å². The van der Waals surface area contributed by atoms with E-state index in [-0.39, 0.29) is 29.2 Å². The van der Waals surface area contributed by atoms with Crippen LogP contribution in [-0.4, -0.2) is 21.4 Å². The molecule has 3 N–H and O–H groups in total. The van der Waals surface area contributed by atoms with Gasteiger partial charge in [-0.05, 0) is 92.6 Å². The molecule has 0 spiro atoms. The fourth-order valence-corrected chi connectivity index (χ4v) is 6.40. The van der Waals surface area contributed by atoms with Gasteiger partial charge >= 0.3 is 0 Å². The van der Waals surface area contributed by atoms with E-state index in [0.717, 1.165) is 34.9 Å². The Kier molecular flexibility index (Phi) is 7.96. The Morgan fingerprint density at radius 2 is 1.72 bits per heavy atom. The van der Waals surface area contributed by atoms with Crippen molar-refractivity contribution in [2.45, 2.75) is 58.5 Å². The Bertz CT molecular complexity index is 1970. The van der Waals surface area contributed by atoms with Crippen LogP contribution in [0.3, 0.4) is 0 Å². The average molecular weight is 625 g/mol. The maximum absolute atomic E-state index is 14.1. The van der Waals surface area contributed by atoms with Crippen molar-refractivity contribution in [2.24, 2.45) is 11.7 Å². The number of aryl methyl sites for hydroxylation is 1. The molecule has 5 aromatic rings. The minimum atomic E-state index is -0.864. The van der Waals surface area contributed by atoms with Gasteiger partial charge in [0, 0.05) is 22.7 Å². The molecule has 236 valence electrons. The predicted octanol–water partition coefficient (Wildman–Crippen LogP) is 7.75. The van der Waals surface area contributed by atoms with Gasteiger partial charge in [-0.3, -0.25) is 14.6 Å². The Morgan fingerprint density at radius 1 is 1.00 bits per heavy atom. The predicted molar refractivity (Wildman–Crippen MR) is 172 cm³/mol. The highest BCUT2D eigenvalue weighted by Crippen LogP contribution is 2.51. The van der Waals surface area contributed by atoms with Crippen molar-refractivity contribution >= 4 is 22.7 Å². The van der Waals surface area contributed by atoms with Crippen LogP contribution < -0.4 is 11.1 Å². The lowest BCUT2D eigenvalue weighted by molar-refractivity contribution is 0.0958. The summed E-state index contributed by atoms with van der Waals surface area (Å²) in [7, 11) is 0. The number of carbonyl (C=O) groups excluding carboxylic acids is 2. The second kappa shape index (κ2) is 11.8. The fourth-order valence-electron chi connectivity index (χ4n) is 6.40. The molecule has 2 aliphatic rings. The van der Waals surface area contributed by atoms with Gasteiger partial charge in [0.05, 0.1) is 34.1 Å². The van der Waals surface area contributed by atoms with Crippen LogP contribution in [0.15, 0.2) is 72.9 Å². The van der Waals surface area contributed by atoms with E-state index in [0.29, 0.717) is 34.5 Å². The van der Waals surface area contributed by atoms with Crippen LogP contribution in [0.5, 0.6) is 0 Å². The van der Waals surface area contributed by atoms with E-state index < -0.39 is 23.1 Å². The molecule has 2 amide bonds. The molecule has 1 unspecified atom stereocenters. The van der Waals surface area contributed by atoms with Crippen LogP contribution in [-0.2, 0) is 12.0 Å². The SMILES string of the molecule is CC(C)Cc1nc2c(c(-c3ccc4c(ccn4C4(c5ccc(F)c(F)c5)CC4)c3)c1C(N)=O)C(=O)NC2C.Cc1ccc(F)cc1. The first-order chi connectivity index (χ1) is 21.9. The number of halogens is 3.